The van der Waals surface area contributed by atoms with Gasteiger partial charge in [-0.2, -0.15) is 9.61 Å². The molecule has 1 fully saturated rings. The number of morpholine rings is 1. The third kappa shape index (κ3) is 3.20. The van der Waals surface area contributed by atoms with Crippen LogP contribution in [0.3, 0.4) is 0 Å². The van der Waals surface area contributed by atoms with Crippen LogP contribution in [-0.2, 0) is 11.2 Å². The number of nitrogens with zero attached hydrogens (tertiary/aromatic N) is 4. The Morgan fingerprint density at radius 2 is 1.96 bits per heavy atom. The molecular formula is C20H22N4O2. The van der Waals surface area contributed by atoms with E-state index in [1.165, 1.54) is 0 Å². The van der Waals surface area contributed by atoms with E-state index in [-0.39, 0.29) is 12.2 Å². The number of aryl methyl sites for hydroxylation is 2. The Bertz CT molecular complexity index is 958. The molecule has 0 bridgehead atoms. The van der Waals surface area contributed by atoms with E-state index in [1.54, 1.807) is 6.20 Å². The quantitative estimate of drug-likeness (QED) is 0.677. The summed E-state index contributed by atoms with van der Waals surface area (Å²) in [5, 5.41) is 4.38. The molecule has 1 aliphatic heterocycles. The first-order valence-corrected chi connectivity index (χ1v) is 8.88. The van der Waals surface area contributed by atoms with Crippen LogP contribution in [0.2, 0.25) is 0 Å². The highest BCUT2D eigenvalue weighted by molar-refractivity contribution is 5.98. The van der Waals surface area contributed by atoms with Gasteiger partial charge < -0.3 is 9.64 Å². The number of ketones is 1. The molecule has 0 atom stereocenters. The fraction of sp³-hybridized carbons (Fsp3) is 0.350. The number of carbonyl (C=O) groups is 1. The molecular weight excluding hydrogens is 328 g/mol. The molecule has 0 saturated carbocycles. The van der Waals surface area contributed by atoms with Gasteiger partial charge in [0, 0.05) is 30.8 Å². The van der Waals surface area contributed by atoms with Crippen LogP contribution in [0.1, 0.15) is 27.2 Å². The molecule has 0 unspecified atom stereocenters. The molecule has 0 amide bonds. The van der Waals surface area contributed by atoms with Crippen molar-refractivity contribution >= 4 is 17.2 Å². The van der Waals surface area contributed by atoms with Crippen molar-refractivity contribution in [3.05, 3.63) is 58.9 Å². The Hall–Kier alpha value is -2.73. The number of benzene rings is 1. The maximum Gasteiger partial charge on any atom is 0.169 e. The van der Waals surface area contributed by atoms with Crippen LogP contribution >= 0.6 is 0 Å². The number of rotatable bonds is 4. The van der Waals surface area contributed by atoms with Crippen LogP contribution in [0.4, 0.5) is 5.82 Å². The fourth-order valence-electron chi connectivity index (χ4n) is 3.44. The third-order valence-corrected chi connectivity index (χ3v) is 4.75. The smallest absolute Gasteiger partial charge is 0.169 e. The number of Topliss-reactive ketones (excluding diaryl/α,β-unsaturated/α-hetero) is 1. The molecule has 4 rings (SSSR count). The molecule has 2 aromatic heterocycles. The first kappa shape index (κ1) is 16.7. The standard InChI is InChI=1S/C20H22N4O2/c1-14-3-4-17(15(2)11-14)18(25)12-16-13-20(23-7-9-26-10-8-23)24-19(22-16)5-6-21-24/h3-6,11,13H,7-10,12H2,1-2H3. The minimum atomic E-state index is 0.0896. The minimum absolute atomic E-state index is 0.0896. The van der Waals surface area contributed by atoms with E-state index >= 15 is 0 Å². The normalized spacial score (nSPS) is 14.8. The molecule has 6 heteroatoms. The van der Waals surface area contributed by atoms with Gasteiger partial charge in [0.05, 0.1) is 31.5 Å². The summed E-state index contributed by atoms with van der Waals surface area (Å²) in [7, 11) is 0. The molecule has 0 radical (unpaired) electrons. The van der Waals surface area contributed by atoms with E-state index in [1.807, 2.05) is 48.7 Å². The first-order chi connectivity index (χ1) is 12.6. The zero-order chi connectivity index (χ0) is 18.1. The van der Waals surface area contributed by atoms with Crippen molar-refractivity contribution in [3.8, 4) is 0 Å². The van der Waals surface area contributed by atoms with Gasteiger partial charge in [-0.1, -0.05) is 23.8 Å². The Morgan fingerprint density at radius 3 is 2.73 bits per heavy atom. The van der Waals surface area contributed by atoms with E-state index in [4.69, 9.17) is 4.74 Å². The number of anilines is 1. The van der Waals surface area contributed by atoms with Crippen molar-refractivity contribution in [1.82, 2.24) is 14.6 Å². The average molecular weight is 350 g/mol. The number of fused-ring (bicyclic) bond motifs is 1. The molecule has 3 heterocycles. The SMILES string of the molecule is Cc1ccc(C(=O)Cc2cc(N3CCOCC3)n3nccc3n2)c(C)c1. The predicted octanol–water partition coefficient (Wildman–Crippen LogP) is 2.61. The van der Waals surface area contributed by atoms with Gasteiger partial charge in [0.1, 0.15) is 5.82 Å². The molecule has 26 heavy (non-hydrogen) atoms. The number of carbonyl (C=O) groups excluding carboxylic acids is 1. The van der Waals surface area contributed by atoms with Gasteiger partial charge in [-0.05, 0) is 19.4 Å². The zero-order valence-electron chi connectivity index (χ0n) is 15.1. The largest absolute Gasteiger partial charge is 0.378 e. The predicted molar refractivity (Wildman–Crippen MR) is 100.0 cm³/mol. The lowest BCUT2D eigenvalue weighted by Crippen LogP contribution is -2.37. The second kappa shape index (κ2) is 6.88. The van der Waals surface area contributed by atoms with Gasteiger partial charge in [-0.3, -0.25) is 4.79 Å². The van der Waals surface area contributed by atoms with Crippen molar-refractivity contribution in [3.63, 3.8) is 0 Å². The van der Waals surface area contributed by atoms with Crippen LogP contribution in [-0.4, -0.2) is 46.7 Å². The van der Waals surface area contributed by atoms with E-state index in [0.29, 0.717) is 13.2 Å². The van der Waals surface area contributed by atoms with Gasteiger partial charge in [-0.15, -0.1) is 0 Å². The molecule has 1 aromatic carbocycles. The minimum Gasteiger partial charge on any atom is -0.378 e. The zero-order valence-corrected chi connectivity index (χ0v) is 15.1. The fourth-order valence-corrected chi connectivity index (χ4v) is 3.44. The van der Waals surface area contributed by atoms with Crippen molar-refractivity contribution in [2.75, 3.05) is 31.2 Å². The average Bonchev–Trinajstić information content (AvgIpc) is 3.10. The third-order valence-electron chi connectivity index (χ3n) is 4.75. The molecule has 0 aliphatic carbocycles. The lowest BCUT2D eigenvalue weighted by Gasteiger charge is -2.29. The summed E-state index contributed by atoms with van der Waals surface area (Å²) in [4.78, 5) is 19.7. The van der Waals surface area contributed by atoms with Gasteiger partial charge in [-0.25, -0.2) is 4.98 Å². The maximum absolute atomic E-state index is 12.8. The Balaban J connectivity index is 1.67. The van der Waals surface area contributed by atoms with Crippen LogP contribution in [0.25, 0.3) is 5.65 Å². The highest BCUT2D eigenvalue weighted by Crippen LogP contribution is 2.20. The van der Waals surface area contributed by atoms with Crippen molar-refractivity contribution in [1.29, 1.82) is 0 Å². The molecule has 134 valence electrons. The molecule has 6 nitrogen and oxygen atoms in total. The Kier molecular flexibility index (Phi) is 4.42. The van der Waals surface area contributed by atoms with Crippen LogP contribution in [0.5, 0.6) is 0 Å². The molecule has 0 N–H and O–H groups in total. The van der Waals surface area contributed by atoms with Crippen LogP contribution in [0.15, 0.2) is 36.5 Å². The number of hydrogen-bond donors (Lipinski definition) is 0. The Morgan fingerprint density at radius 1 is 1.15 bits per heavy atom. The number of ether oxygens (including phenoxy) is 1. The molecule has 0 spiro atoms. The molecule has 3 aromatic rings. The number of hydrogen-bond acceptors (Lipinski definition) is 5. The van der Waals surface area contributed by atoms with Gasteiger partial charge in [0.25, 0.3) is 0 Å². The summed E-state index contributed by atoms with van der Waals surface area (Å²) in [6.45, 7) is 7.02. The van der Waals surface area contributed by atoms with E-state index in [2.05, 4.69) is 15.0 Å². The van der Waals surface area contributed by atoms with Gasteiger partial charge in [0.2, 0.25) is 0 Å². The van der Waals surface area contributed by atoms with Crippen molar-refractivity contribution in [2.45, 2.75) is 20.3 Å². The van der Waals surface area contributed by atoms with Crippen LogP contribution < -0.4 is 4.90 Å². The highest BCUT2D eigenvalue weighted by atomic mass is 16.5. The summed E-state index contributed by atoms with van der Waals surface area (Å²) in [5.41, 5.74) is 4.46. The molecule has 1 saturated heterocycles. The van der Waals surface area contributed by atoms with E-state index in [0.717, 1.165) is 46.9 Å². The number of aromatic nitrogens is 3. The summed E-state index contributed by atoms with van der Waals surface area (Å²) in [6, 6.07) is 9.78. The summed E-state index contributed by atoms with van der Waals surface area (Å²) < 4.78 is 7.28. The second-order valence-corrected chi connectivity index (χ2v) is 6.72. The monoisotopic (exact) mass is 350 g/mol. The summed E-state index contributed by atoms with van der Waals surface area (Å²) in [6.07, 6.45) is 2.02. The summed E-state index contributed by atoms with van der Waals surface area (Å²) in [5.74, 6) is 1.05. The first-order valence-electron chi connectivity index (χ1n) is 8.88. The second-order valence-electron chi connectivity index (χ2n) is 6.72. The van der Waals surface area contributed by atoms with E-state index in [9.17, 15) is 4.79 Å². The summed E-state index contributed by atoms with van der Waals surface area (Å²) >= 11 is 0. The molecule has 1 aliphatic rings. The van der Waals surface area contributed by atoms with Crippen LogP contribution in [0, 0.1) is 13.8 Å². The van der Waals surface area contributed by atoms with Gasteiger partial charge >= 0.3 is 0 Å². The highest BCUT2D eigenvalue weighted by Gasteiger charge is 2.18. The Labute approximate surface area is 152 Å². The van der Waals surface area contributed by atoms with Crippen molar-refractivity contribution in [2.24, 2.45) is 0 Å². The topological polar surface area (TPSA) is 59.7 Å². The maximum atomic E-state index is 12.8. The van der Waals surface area contributed by atoms with Gasteiger partial charge in [0.15, 0.2) is 11.4 Å². The lowest BCUT2D eigenvalue weighted by molar-refractivity contribution is 0.0991. The lowest BCUT2D eigenvalue weighted by atomic mass is 9.99. The van der Waals surface area contributed by atoms with E-state index < -0.39 is 0 Å². The van der Waals surface area contributed by atoms with Crippen molar-refractivity contribution < 1.29 is 9.53 Å².